The van der Waals surface area contributed by atoms with E-state index in [2.05, 4.69) is 5.32 Å². The second kappa shape index (κ2) is 6.26. The van der Waals surface area contributed by atoms with Gasteiger partial charge in [-0.05, 0) is 42.8 Å². The van der Waals surface area contributed by atoms with Crippen LogP contribution in [-0.2, 0) is 0 Å². The van der Waals surface area contributed by atoms with Gasteiger partial charge in [0.05, 0.1) is 19.9 Å². The lowest BCUT2D eigenvalue weighted by molar-refractivity contribution is 0.102. The zero-order chi connectivity index (χ0) is 15.4. The Labute approximate surface area is 122 Å². The number of ether oxygens (including phenoxy) is 2. The summed E-state index contributed by atoms with van der Waals surface area (Å²) in [4.78, 5) is 12.1. The zero-order valence-corrected chi connectivity index (χ0v) is 12.1. The summed E-state index contributed by atoms with van der Waals surface area (Å²) in [5, 5.41) is 2.53. The highest BCUT2D eigenvalue weighted by Gasteiger charge is 2.12. The molecule has 0 saturated carbocycles. The van der Waals surface area contributed by atoms with E-state index in [9.17, 15) is 9.18 Å². The Bertz CT molecular complexity index is 671. The van der Waals surface area contributed by atoms with E-state index in [0.717, 1.165) is 5.56 Å². The average Bonchev–Trinajstić information content (AvgIpc) is 2.49. The van der Waals surface area contributed by atoms with Crippen LogP contribution in [0.15, 0.2) is 36.4 Å². The van der Waals surface area contributed by atoms with Crippen molar-refractivity contribution >= 4 is 11.6 Å². The predicted molar refractivity (Wildman–Crippen MR) is 78.6 cm³/mol. The van der Waals surface area contributed by atoms with Crippen molar-refractivity contribution in [2.75, 3.05) is 19.5 Å². The SMILES string of the molecule is COc1ccc(C(=O)Nc2ccc(C)cc2F)cc1OC. The number of amides is 1. The Morgan fingerprint density at radius 1 is 1.05 bits per heavy atom. The number of hydrogen-bond acceptors (Lipinski definition) is 3. The maximum atomic E-state index is 13.7. The van der Waals surface area contributed by atoms with Crippen molar-refractivity contribution in [3.63, 3.8) is 0 Å². The third-order valence-electron chi connectivity index (χ3n) is 3.02. The van der Waals surface area contributed by atoms with Gasteiger partial charge in [-0.2, -0.15) is 0 Å². The lowest BCUT2D eigenvalue weighted by atomic mass is 10.1. The van der Waals surface area contributed by atoms with Crippen molar-refractivity contribution in [3.05, 3.63) is 53.3 Å². The van der Waals surface area contributed by atoms with Gasteiger partial charge in [-0.1, -0.05) is 6.07 Å². The molecule has 0 aliphatic rings. The number of hydrogen-bond donors (Lipinski definition) is 1. The van der Waals surface area contributed by atoms with Gasteiger partial charge in [-0.25, -0.2) is 4.39 Å². The van der Waals surface area contributed by atoms with Crippen molar-refractivity contribution in [1.82, 2.24) is 0 Å². The molecule has 2 aromatic rings. The van der Waals surface area contributed by atoms with Crippen molar-refractivity contribution < 1.29 is 18.7 Å². The number of aryl methyl sites for hydroxylation is 1. The summed E-state index contributed by atoms with van der Waals surface area (Å²) in [7, 11) is 3.00. The molecule has 0 saturated heterocycles. The highest BCUT2D eigenvalue weighted by Crippen LogP contribution is 2.28. The van der Waals surface area contributed by atoms with Crippen molar-refractivity contribution in [1.29, 1.82) is 0 Å². The average molecular weight is 289 g/mol. The first-order chi connectivity index (χ1) is 10.0. The second-order valence-electron chi connectivity index (χ2n) is 4.51. The molecule has 0 aliphatic heterocycles. The van der Waals surface area contributed by atoms with Crippen LogP contribution in [0.5, 0.6) is 11.5 Å². The van der Waals surface area contributed by atoms with E-state index in [-0.39, 0.29) is 5.69 Å². The Hall–Kier alpha value is -2.56. The minimum absolute atomic E-state index is 0.139. The van der Waals surface area contributed by atoms with Crippen LogP contribution in [0.2, 0.25) is 0 Å². The standard InChI is InChI=1S/C16H16FNO3/c1-10-4-6-13(12(17)8-10)18-16(19)11-5-7-14(20-2)15(9-11)21-3/h4-9H,1-3H3,(H,18,19). The van der Waals surface area contributed by atoms with E-state index in [4.69, 9.17) is 9.47 Å². The highest BCUT2D eigenvalue weighted by atomic mass is 19.1. The molecule has 0 aromatic heterocycles. The summed E-state index contributed by atoms with van der Waals surface area (Å²) in [5.74, 6) is 0.0765. The molecular weight excluding hydrogens is 273 g/mol. The molecule has 2 aromatic carbocycles. The van der Waals surface area contributed by atoms with Crippen LogP contribution in [0, 0.1) is 12.7 Å². The number of rotatable bonds is 4. The summed E-state index contributed by atoms with van der Waals surface area (Å²) < 4.78 is 24.0. The molecule has 0 radical (unpaired) electrons. The number of carbonyl (C=O) groups is 1. The fraction of sp³-hybridized carbons (Fsp3) is 0.188. The first-order valence-electron chi connectivity index (χ1n) is 6.34. The van der Waals surface area contributed by atoms with E-state index >= 15 is 0 Å². The molecule has 110 valence electrons. The van der Waals surface area contributed by atoms with Crippen LogP contribution in [0.1, 0.15) is 15.9 Å². The molecule has 4 nitrogen and oxygen atoms in total. The largest absolute Gasteiger partial charge is 0.493 e. The number of anilines is 1. The molecule has 1 amide bonds. The van der Waals surface area contributed by atoms with Crippen molar-refractivity contribution in [3.8, 4) is 11.5 Å². The minimum atomic E-state index is -0.469. The molecule has 0 fully saturated rings. The number of halogens is 1. The summed E-state index contributed by atoms with van der Waals surface area (Å²) in [6, 6.07) is 9.38. The molecule has 0 atom stereocenters. The van der Waals surface area contributed by atoms with Crippen LogP contribution in [0.4, 0.5) is 10.1 Å². The second-order valence-corrected chi connectivity index (χ2v) is 4.51. The monoisotopic (exact) mass is 289 g/mol. The van der Waals surface area contributed by atoms with Crippen LogP contribution >= 0.6 is 0 Å². The van der Waals surface area contributed by atoms with Gasteiger partial charge in [0.2, 0.25) is 0 Å². The van der Waals surface area contributed by atoms with Crippen LogP contribution in [0.25, 0.3) is 0 Å². The number of nitrogens with one attached hydrogen (secondary N) is 1. The molecule has 1 N–H and O–H groups in total. The van der Waals surface area contributed by atoms with E-state index in [1.807, 2.05) is 0 Å². The molecule has 2 rings (SSSR count). The van der Waals surface area contributed by atoms with Gasteiger partial charge < -0.3 is 14.8 Å². The first kappa shape index (κ1) is 14.8. The van der Waals surface area contributed by atoms with Gasteiger partial charge in [0.1, 0.15) is 5.82 Å². The smallest absolute Gasteiger partial charge is 0.255 e. The normalized spacial score (nSPS) is 10.1. The van der Waals surface area contributed by atoms with Crippen molar-refractivity contribution in [2.45, 2.75) is 6.92 Å². The quantitative estimate of drug-likeness (QED) is 0.938. The molecule has 0 heterocycles. The molecule has 0 aliphatic carbocycles. The van der Waals surface area contributed by atoms with Gasteiger partial charge in [0, 0.05) is 5.56 Å². The van der Waals surface area contributed by atoms with E-state index in [0.29, 0.717) is 17.1 Å². The summed E-state index contributed by atoms with van der Waals surface area (Å²) in [5.41, 5.74) is 1.28. The van der Waals surface area contributed by atoms with Gasteiger partial charge in [0.15, 0.2) is 11.5 Å². The third kappa shape index (κ3) is 3.31. The van der Waals surface area contributed by atoms with E-state index in [1.54, 1.807) is 31.2 Å². The lowest BCUT2D eigenvalue weighted by Gasteiger charge is -2.10. The van der Waals surface area contributed by atoms with Gasteiger partial charge in [-0.15, -0.1) is 0 Å². The molecular formula is C16H16FNO3. The van der Waals surface area contributed by atoms with Crippen LogP contribution in [-0.4, -0.2) is 20.1 Å². The van der Waals surface area contributed by atoms with Gasteiger partial charge >= 0.3 is 0 Å². The first-order valence-corrected chi connectivity index (χ1v) is 6.34. The van der Waals surface area contributed by atoms with E-state index < -0.39 is 11.7 Å². The van der Waals surface area contributed by atoms with Gasteiger partial charge in [-0.3, -0.25) is 4.79 Å². The molecule has 0 unspecified atom stereocenters. The topological polar surface area (TPSA) is 47.6 Å². The van der Waals surface area contributed by atoms with Crippen molar-refractivity contribution in [2.24, 2.45) is 0 Å². The summed E-state index contributed by atoms with van der Waals surface area (Å²) >= 11 is 0. The van der Waals surface area contributed by atoms with Gasteiger partial charge in [0.25, 0.3) is 5.91 Å². The number of methoxy groups -OCH3 is 2. The lowest BCUT2D eigenvalue weighted by Crippen LogP contribution is -2.13. The molecule has 0 spiro atoms. The summed E-state index contributed by atoms with van der Waals surface area (Å²) in [6.45, 7) is 1.78. The van der Waals surface area contributed by atoms with Crippen LogP contribution in [0.3, 0.4) is 0 Å². The fourth-order valence-corrected chi connectivity index (χ4v) is 1.89. The Morgan fingerprint density at radius 3 is 2.38 bits per heavy atom. The highest BCUT2D eigenvalue weighted by molar-refractivity contribution is 6.04. The Balaban J connectivity index is 2.24. The maximum absolute atomic E-state index is 13.7. The maximum Gasteiger partial charge on any atom is 0.255 e. The number of carbonyl (C=O) groups excluding carboxylic acids is 1. The zero-order valence-electron chi connectivity index (χ0n) is 12.1. The molecule has 5 heteroatoms. The Morgan fingerprint density at radius 2 is 1.76 bits per heavy atom. The molecule has 0 bridgehead atoms. The van der Waals surface area contributed by atoms with Crippen LogP contribution < -0.4 is 14.8 Å². The Kier molecular flexibility index (Phi) is 4.42. The fourth-order valence-electron chi connectivity index (χ4n) is 1.89. The predicted octanol–water partition coefficient (Wildman–Crippen LogP) is 3.40. The molecule has 21 heavy (non-hydrogen) atoms. The third-order valence-corrected chi connectivity index (χ3v) is 3.02. The van der Waals surface area contributed by atoms with E-state index in [1.165, 1.54) is 26.4 Å². The minimum Gasteiger partial charge on any atom is -0.493 e. The number of benzene rings is 2. The summed E-state index contributed by atoms with van der Waals surface area (Å²) in [6.07, 6.45) is 0.